The van der Waals surface area contributed by atoms with Gasteiger partial charge in [-0.05, 0) is 61.5 Å². The summed E-state index contributed by atoms with van der Waals surface area (Å²) in [7, 11) is 0. The number of anilines is 2. The van der Waals surface area contributed by atoms with Gasteiger partial charge in [-0.2, -0.15) is 0 Å². The first kappa shape index (κ1) is 19.5. The maximum Gasteiger partial charge on any atom is 0.262 e. The molecule has 0 spiro atoms. The number of carbonyl (C=O) groups is 1. The molecule has 0 aromatic heterocycles. The predicted molar refractivity (Wildman–Crippen MR) is 111 cm³/mol. The zero-order valence-electron chi connectivity index (χ0n) is 15.9. The van der Waals surface area contributed by atoms with Crippen molar-refractivity contribution in [1.29, 1.82) is 0 Å². The van der Waals surface area contributed by atoms with Crippen LogP contribution in [0.25, 0.3) is 0 Å². The van der Waals surface area contributed by atoms with E-state index in [-0.39, 0.29) is 12.5 Å². The van der Waals surface area contributed by atoms with Crippen LogP contribution < -0.4 is 15.0 Å². The van der Waals surface area contributed by atoms with E-state index in [1.54, 1.807) is 24.3 Å². The first-order valence-corrected chi connectivity index (χ1v) is 9.69. The Hall–Kier alpha value is -2.24. The molecule has 3 rings (SSSR count). The first-order chi connectivity index (χ1) is 13.0. The summed E-state index contributed by atoms with van der Waals surface area (Å²) in [6.45, 7) is 9.54. The molecule has 1 aliphatic heterocycles. The SMILES string of the molecule is CCN1CCN(c2ccc(NC(=O)COc3ccc(Cl)cc3)c(C)c2)CC1. The molecule has 27 heavy (non-hydrogen) atoms. The van der Waals surface area contributed by atoms with E-state index in [0.29, 0.717) is 10.8 Å². The number of amides is 1. The predicted octanol–water partition coefficient (Wildman–Crippen LogP) is 3.81. The second-order valence-electron chi connectivity index (χ2n) is 6.71. The van der Waals surface area contributed by atoms with Gasteiger partial charge in [-0.15, -0.1) is 0 Å². The summed E-state index contributed by atoms with van der Waals surface area (Å²) in [4.78, 5) is 17.0. The van der Waals surface area contributed by atoms with Gasteiger partial charge in [0.15, 0.2) is 6.61 Å². The normalized spacial score (nSPS) is 14.9. The number of halogens is 1. The lowest BCUT2D eigenvalue weighted by molar-refractivity contribution is -0.118. The van der Waals surface area contributed by atoms with E-state index < -0.39 is 0 Å². The van der Waals surface area contributed by atoms with Crippen LogP contribution >= 0.6 is 11.6 Å². The smallest absolute Gasteiger partial charge is 0.262 e. The average Bonchev–Trinajstić information content (AvgIpc) is 2.69. The Morgan fingerprint density at radius 3 is 2.44 bits per heavy atom. The molecule has 0 aliphatic carbocycles. The Bertz CT molecular complexity index is 771. The van der Waals surface area contributed by atoms with Crippen LogP contribution in [0.1, 0.15) is 12.5 Å². The van der Waals surface area contributed by atoms with Gasteiger partial charge in [0.05, 0.1) is 0 Å². The highest BCUT2D eigenvalue weighted by atomic mass is 35.5. The Balaban J connectivity index is 1.54. The van der Waals surface area contributed by atoms with E-state index in [9.17, 15) is 4.79 Å². The zero-order valence-corrected chi connectivity index (χ0v) is 16.6. The molecule has 0 unspecified atom stereocenters. The summed E-state index contributed by atoms with van der Waals surface area (Å²) in [5.74, 6) is 0.435. The lowest BCUT2D eigenvalue weighted by atomic mass is 10.1. The third kappa shape index (κ3) is 5.37. The number of rotatable bonds is 6. The van der Waals surface area contributed by atoms with Crippen LogP contribution in [-0.2, 0) is 4.79 Å². The fourth-order valence-electron chi connectivity index (χ4n) is 3.17. The van der Waals surface area contributed by atoms with E-state index in [0.717, 1.165) is 44.0 Å². The average molecular weight is 388 g/mol. The second kappa shape index (κ2) is 9.11. The van der Waals surface area contributed by atoms with Gasteiger partial charge in [-0.3, -0.25) is 4.79 Å². The van der Waals surface area contributed by atoms with E-state index >= 15 is 0 Å². The van der Waals surface area contributed by atoms with Crippen molar-refractivity contribution >= 4 is 28.9 Å². The fraction of sp³-hybridized carbons (Fsp3) is 0.381. The number of hydrogen-bond donors (Lipinski definition) is 1. The number of aryl methyl sites for hydroxylation is 1. The van der Waals surface area contributed by atoms with E-state index in [1.165, 1.54) is 5.69 Å². The molecule has 1 aliphatic rings. The number of likely N-dealkylation sites (N-methyl/N-ethyl adjacent to an activating group) is 1. The monoisotopic (exact) mass is 387 g/mol. The summed E-state index contributed by atoms with van der Waals surface area (Å²) in [5.41, 5.74) is 3.07. The number of piperazine rings is 1. The number of carbonyl (C=O) groups excluding carboxylic acids is 1. The van der Waals surface area contributed by atoms with Gasteiger partial charge in [0.2, 0.25) is 0 Å². The highest BCUT2D eigenvalue weighted by Crippen LogP contribution is 2.24. The summed E-state index contributed by atoms with van der Waals surface area (Å²) < 4.78 is 5.49. The molecule has 0 atom stereocenters. The zero-order chi connectivity index (χ0) is 19.2. The minimum absolute atomic E-state index is 0.0399. The van der Waals surface area contributed by atoms with Crippen molar-refractivity contribution in [2.45, 2.75) is 13.8 Å². The van der Waals surface area contributed by atoms with Gasteiger partial charge in [0.1, 0.15) is 5.75 Å². The molecule has 0 bridgehead atoms. The topological polar surface area (TPSA) is 44.8 Å². The number of ether oxygens (including phenoxy) is 1. The van der Waals surface area contributed by atoms with Crippen LogP contribution in [0.15, 0.2) is 42.5 Å². The largest absolute Gasteiger partial charge is 0.484 e. The van der Waals surface area contributed by atoms with Gasteiger partial charge in [0.25, 0.3) is 5.91 Å². The van der Waals surface area contributed by atoms with Crippen molar-refractivity contribution in [3.8, 4) is 5.75 Å². The minimum atomic E-state index is -0.183. The standard InChI is InChI=1S/C21H26ClN3O2/c1-3-24-10-12-25(13-11-24)18-6-9-20(16(2)14-18)23-21(26)15-27-19-7-4-17(22)5-8-19/h4-9,14H,3,10-13,15H2,1-2H3,(H,23,26). The fourth-order valence-corrected chi connectivity index (χ4v) is 3.30. The van der Waals surface area contributed by atoms with Crippen LogP contribution in [0.3, 0.4) is 0 Å². The van der Waals surface area contributed by atoms with Crippen molar-refractivity contribution in [2.75, 3.05) is 49.5 Å². The molecule has 1 amide bonds. The quantitative estimate of drug-likeness (QED) is 0.818. The Labute approximate surface area is 165 Å². The van der Waals surface area contributed by atoms with Crippen LogP contribution in [0.5, 0.6) is 5.75 Å². The van der Waals surface area contributed by atoms with Crippen LogP contribution in [0.4, 0.5) is 11.4 Å². The summed E-state index contributed by atoms with van der Waals surface area (Å²) in [6.07, 6.45) is 0. The number of nitrogens with one attached hydrogen (secondary N) is 1. The van der Waals surface area contributed by atoms with Crippen molar-refractivity contribution < 1.29 is 9.53 Å². The summed E-state index contributed by atoms with van der Waals surface area (Å²) in [5, 5.41) is 3.56. The highest BCUT2D eigenvalue weighted by molar-refractivity contribution is 6.30. The molecule has 1 heterocycles. The first-order valence-electron chi connectivity index (χ1n) is 9.31. The van der Waals surface area contributed by atoms with Gasteiger partial charge in [0, 0.05) is 42.6 Å². The molecule has 1 N–H and O–H groups in total. The summed E-state index contributed by atoms with van der Waals surface area (Å²) in [6, 6.07) is 13.1. The Morgan fingerprint density at radius 1 is 1.11 bits per heavy atom. The summed E-state index contributed by atoms with van der Waals surface area (Å²) >= 11 is 5.84. The van der Waals surface area contributed by atoms with E-state index in [2.05, 4.69) is 34.2 Å². The maximum atomic E-state index is 12.2. The molecular formula is C21H26ClN3O2. The molecular weight excluding hydrogens is 362 g/mol. The van der Waals surface area contributed by atoms with Gasteiger partial charge in [-0.25, -0.2) is 0 Å². The lowest BCUT2D eigenvalue weighted by Gasteiger charge is -2.35. The molecule has 144 valence electrons. The molecule has 0 radical (unpaired) electrons. The lowest BCUT2D eigenvalue weighted by Crippen LogP contribution is -2.46. The number of benzene rings is 2. The van der Waals surface area contributed by atoms with Gasteiger partial charge in [-0.1, -0.05) is 18.5 Å². The van der Waals surface area contributed by atoms with E-state index in [4.69, 9.17) is 16.3 Å². The van der Waals surface area contributed by atoms with E-state index in [1.807, 2.05) is 13.0 Å². The van der Waals surface area contributed by atoms with Gasteiger partial charge < -0.3 is 19.9 Å². The highest BCUT2D eigenvalue weighted by Gasteiger charge is 2.16. The third-order valence-electron chi connectivity index (χ3n) is 4.85. The van der Waals surface area contributed by atoms with Gasteiger partial charge >= 0.3 is 0 Å². The Kier molecular flexibility index (Phi) is 6.58. The van der Waals surface area contributed by atoms with Crippen molar-refractivity contribution in [2.24, 2.45) is 0 Å². The van der Waals surface area contributed by atoms with Crippen LogP contribution in [-0.4, -0.2) is 50.1 Å². The van der Waals surface area contributed by atoms with Crippen LogP contribution in [0, 0.1) is 6.92 Å². The van der Waals surface area contributed by atoms with Crippen LogP contribution in [0.2, 0.25) is 5.02 Å². The van der Waals surface area contributed by atoms with Crippen molar-refractivity contribution in [1.82, 2.24) is 4.90 Å². The third-order valence-corrected chi connectivity index (χ3v) is 5.10. The molecule has 1 fully saturated rings. The maximum absolute atomic E-state index is 12.2. The van der Waals surface area contributed by atoms with Crippen molar-refractivity contribution in [3.63, 3.8) is 0 Å². The Morgan fingerprint density at radius 2 is 1.81 bits per heavy atom. The molecule has 5 nitrogen and oxygen atoms in total. The molecule has 6 heteroatoms. The molecule has 2 aromatic carbocycles. The number of nitrogens with zero attached hydrogens (tertiary/aromatic N) is 2. The second-order valence-corrected chi connectivity index (χ2v) is 7.15. The number of hydrogen-bond acceptors (Lipinski definition) is 4. The molecule has 0 saturated carbocycles. The molecule has 1 saturated heterocycles. The molecule has 2 aromatic rings. The minimum Gasteiger partial charge on any atom is -0.484 e. The van der Waals surface area contributed by atoms with Crippen molar-refractivity contribution in [3.05, 3.63) is 53.1 Å².